The number of hydrogen-bond donors (Lipinski definition) is 1. The molecular weight excluding hydrogens is 304 g/mol. The number of ether oxygens (including phenoxy) is 1. The third-order valence-corrected chi connectivity index (χ3v) is 5.53. The molecule has 5 nitrogen and oxygen atoms in total. The molecule has 2 heterocycles. The second kappa shape index (κ2) is 7.64. The van der Waals surface area contributed by atoms with Crippen LogP contribution in [0.3, 0.4) is 0 Å². The van der Waals surface area contributed by atoms with Gasteiger partial charge in [0.1, 0.15) is 0 Å². The van der Waals surface area contributed by atoms with Gasteiger partial charge in [-0.15, -0.1) is 0 Å². The van der Waals surface area contributed by atoms with Crippen LogP contribution in [0.5, 0.6) is 0 Å². The van der Waals surface area contributed by atoms with Crippen molar-refractivity contribution in [3.8, 4) is 0 Å². The van der Waals surface area contributed by atoms with Gasteiger partial charge in [0.25, 0.3) is 5.91 Å². The molecule has 3 rings (SSSR count). The lowest BCUT2D eigenvalue weighted by Crippen LogP contribution is -2.44. The number of aliphatic hydroxyl groups is 1. The molecule has 24 heavy (non-hydrogen) atoms. The average Bonchev–Trinajstić information content (AvgIpc) is 3.24. The lowest BCUT2D eigenvalue weighted by molar-refractivity contribution is 0.0706. The minimum absolute atomic E-state index is 0.114. The van der Waals surface area contributed by atoms with Crippen molar-refractivity contribution in [3.05, 3.63) is 35.4 Å². The maximum absolute atomic E-state index is 13.0. The molecule has 3 atom stereocenters. The van der Waals surface area contributed by atoms with Crippen molar-refractivity contribution in [1.29, 1.82) is 0 Å². The topological polar surface area (TPSA) is 53.0 Å². The zero-order valence-corrected chi connectivity index (χ0v) is 14.6. The molecule has 2 saturated heterocycles. The molecule has 0 aliphatic carbocycles. The van der Waals surface area contributed by atoms with Crippen LogP contribution in [0.15, 0.2) is 24.3 Å². The summed E-state index contributed by atoms with van der Waals surface area (Å²) in [7, 11) is 2.02. The van der Waals surface area contributed by atoms with E-state index in [9.17, 15) is 4.79 Å². The number of carbonyl (C=O) groups is 1. The van der Waals surface area contributed by atoms with Crippen molar-refractivity contribution < 1.29 is 14.6 Å². The SMILES string of the molecule is C[C@@H]1[C@H](N(C)CCO)CCN1C(=O)c1cccc(C2CCOC2)c1. The molecule has 1 aromatic rings. The number of benzene rings is 1. The Morgan fingerprint density at radius 1 is 1.42 bits per heavy atom. The molecule has 0 spiro atoms. The normalized spacial score (nSPS) is 27.2. The van der Waals surface area contributed by atoms with Crippen molar-refractivity contribution in [1.82, 2.24) is 9.80 Å². The average molecular weight is 332 g/mol. The summed E-state index contributed by atoms with van der Waals surface area (Å²) in [5.41, 5.74) is 1.98. The van der Waals surface area contributed by atoms with Gasteiger partial charge in [0.2, 0.25) is 0 Å². The predicted molar refractivity (Wildman–Crippen MR) is 93.2 cm³/mol. The zero-order chi connectivity index (χ0) is 17.1. The van der Waals surface area contributed by atoms with Crippen molar-refractivity contribution in [3.63, 3.8) is 0 Å². The molecule has 5 heteroatoms. The van der Waals surface area contributed by atoms with E-state index < -0.39 is 0 Å². The smallest absolute Gasteiger partial charge is 0.254 e. The Labute approximate surface area is 144 Å². The van der Waals surface area contributed by atoms with Crippen LogP contribution in [-0.2, 0) is 4.74 Å². The highest BCUT2D eigenvalue weighted by Gasteiger charge is 2.36. The molecule has 2 aliphatic heterocycles. The Kier molecular flexibility index (Phi) is 5.54. The molecule has 0 bridgehead atoms. The summed E-state index contributed by atoms with van der Waals surface area (Å²) in [6, 6.07) is 8.51. The standard InChI is InChI=1S/C19H28N2O3/c1-14-18(20(2)9-10-22)6-8-21(14)19(23)16-5-3-4-15(12-16)17-7-11-24-13-17/h3-5,12,14,17-18,22H,6-11,13H2,1-2H3/t14-,17?,18-/m1/s1. The van der Waals surface area contributed by atoms with E-state index in [1.54, 1.807) is 0 Å². The van der Waals surface area contributed by atoms with Gasteiger partial charge in [0.15, 0.2) is 0 Å². The van der Waals surface area contributed by atoms with Crippen LogP contribution in [0, 0.1) is 0 Å². The summed E-state index contributed by atoms with van der Waals surface area (Å²) in [6.07, 6.45) is 1.99. The quantitative estimate of drug-likeness (QED) is 0.892. The summed E-state index contributed by atoms with van der Waals surface area (Å²) in [6.45, 7) is 5.25. The van der Waals surface area contributed by atoms with Crippen LogP contribution in [0.4, 0.5) is 0 Å². The summed E-state index contributed by atoms with van der Waals surface area (Å²) < 4.78 is 5.47. The first-order valence-electron chi connectivity index (χ1n) is 8.91. The molecular formula is C19H28N2O3. The molecule has 0 aromatic heterocycles. The third kappa shape index (κ3) is 3.48. The second-order valence-electron chi connectivity index (χ2n) is 6.99. The Bertz CT molecular complexity index is 571. The number of hydrogen-bond acceptors (Lipinski definition) is 4. The van der Waals surface area contributed by atoms with Crippen molar-refractivity contribution in [2.45, 2.75) is 37.8 Å². The minimum Gasteiger partial charge on any atom is -0.395 e. The van der Waals surface area contributed by atoms with Crippen LogP contribution in [0.25, 0.3) is 0 Å². The molecule has 0 saturated carbocycles. The first-order valence-corrected chi connectivity index (χ1v) is 8.91. The van der Waals surface area contributed by atoms with E-state index in [2.05, 4.69) is 17.9 Å². The second-order valence-corrected chi connectivity index (χ2v) is 6.99. The van der Waals surface area contributed by atoms with E-state index in [-0.39, 0.29) is 18.6 Å². The first kappa shape index (κ1) is 17.4. The van der Waals surface area contributed by atoms with Crippen LogP contribution in [-0.4, -0.2) is 72.9 Å². The fourth-order valence-electron chi connectivity index (χ4n) is 4.01. The van der Waals surface area contributed by atoms with E-state index >= 15 is 0 Å². The summed E-state index contributed by atoms with van der Waals surface area (Å²) >= 11 is 0. The molecule has 1 N–H and O–H groups in total. The van der Waals surface area contributed by atoms with E-state index in [1.165, 1.54) is 5.56 Å². The van der Waals surface area contributed by atoms with Crippen molar-refractivity contribution >= 4 is 5.91 Å². The monoisotopic (exact) mass is 332 g/mol. The minimum atomic E-state index is 0.114. The highest BCUT2D eigenvalue weighted by molar-refractivity contribution is 5.94. The Balaban J connectivity index is 1.71. The number of rotatable bonds is 5. The summed E-state index contributed by atoms with van der Waals surface area (Å²) in [4.78, 5) is 17.1. The lowest BCUT2D eigenvalue weighted by atomic mass is 9.96. The number of nitrogens with zero attached hydrogens (tertiary/aromatic N) is 2. The number of amides is 1. The van der Waals surface area contributed by atoms with E-state index in [0.29, 0.717) is 18.5 Å². The largest absolute Gasteiger partial charge is 0.395 e. The Hall–Kier alpha value is -1.43. The highest BCUT2D eigenvalue weighted by Crippen LogP contribution is 2.28. The first-order chi connectivity index (χ1) is 11.6. The third-order valence-electron chi connectivity index (χ3n) is 5.53. The summed E-state index contributed by atoms with van der Waals surface area (Å²) in [5.74, 6) is 0.528. The molecule has 0 radical (unpaired) electrons. The zero-order valence-electron chi connectivity index (χ0n) is 14.6. The van der Waals surface area contributed by atoms with Gasteiger partial charge in [-0.1, -0.05) is 12.1 Å². The number of aliphatic hydroxyl groups excluding tert-OH is 1. The lowest BCUT2D eigenvalue weighted by Gasteiger charge is -2.30. The van der Waals surface area contributed by atoms with Gasteiger partial charge >= 0.3 is 0 Å². The maximum atomic E-state index is 13.0. The van der Waals surface area contributed by atoms with Crippen molar-refractivity contribution in [2.75, 3.05) is 40.0 Å². The number of likely N-dealkylation sites (tertiary alicyclic amines) is 1. The van der Waals surface area contributed by atoms with Gasteiger partial charge in [0, 0.05) is 43.3 Å². The van der Waals surface area contributed by atoms with Crippen LogP contribution in [0.1, 0.15) is 41.6 Å². The molecule has 132 valence electrons. The van der Waals surface area contributed by atoms with E-state index in [0.717, 1.165) is 38.2 Å². The van der Waals surface area contributed by atoms with Crippen molar-refractivity contribution in [2.24, 2.45) is 0 Å². The van der Waals surface area contributed by atoms with Gasteiger partial charge in [-0.2, -0.15) is 0 Å². The van der Waals surface area contributed by atoms with Crippen LogP contribution in [0.2, 0.25) is 0 Å². The van der Waals surface area contributed by atoms with Crippen LogP contribution >= 0.6 is 0 Å². The van der Waals surface area contributed by atoms with Gasteiger partial charge in [0.05, 0.1) is 13.2 Å². The highest BCUT2D eigenvalue weighted by atomic mass is 16.5. The van der Waals surface area contributed by atoms with Gasteiger partial charge in [-0.05, 0) is 44.5 Å². The van der Waals surface area contributed by atoms with E-state index in [4.69, 9.17) is 9.84 Å². The molecule has 1 amide bonds. The molecule has 2 fully saturated rings. The fourth-order valence-corrected chi connectivity index (χ4v) is 4.01. The Morgan fingerprint density at radius 2 is 2.25 bits per heavy atom. The number of carbonyl (C=O) groups excluding carboxylic acids is 1. The van der Waals surface area contributed by atoms with Gasteiger partial charge < -0.3 is 14.7 Å². The maximum Gasteiger partial charge on any atom is 0.254 e. The molecule has 1 unspecified atom stereocenters. The van der Waals surface area contributed by atoms with Gasteiger partial charge in [-0.25, -0.2) is 0 Å². The molecule has 1 aromatic carbocycles. The van der Waals surface area contributed by atoms with Gasteiger partial charge in [-0.3, -0.25) is 9.69 Å². The predicted octanol–water partition coefficient (Wildman–Crippen LogP) is 1.72. The molecule has 2 aliphatic rings. The Morgan fingerprint density at radius 3 is 2.96 bits per heavy atom. The van der Waals surface area contributed by atoms with Crippen LogP contribution < -0.4 is 0 Å². The van der Waals surface area contributed by atoms with E-state index in [1.807, 2.05) is 30.1 Å². The number of likely N-dealkylation sites (N-methyl/N-ethyl adjacent to an activating group) is 1. The fraction of sp³-hybridized carbons (Fsp3) is 0.632. The summed E-state index contributed by atoms with van der Waals surface area (Å²) in [5, 5.41) is 9.14.